The molecule has 150 valence electrons. The highest BCUT2D eigenvalue weighted by atomic mass is 16.5. The molecule has 0 aliphatic rings. The molecule has 2 rings (SSSR count). The monoisotopic (exact) mass is 392 g/mol. The number of nitrogens with one attached hydrogen (secondary N) is 1. The van der Waals surface area contributed by atoms with Gasteiger partial charge in [0.15, 0.2) is 6.61 Å². The molecule has 1 unspecified atom stereocenters. The molecule has 6 nitrogen and oxygen atoms in total. The van der Waals surface area contributed by atoms with E-state index in [0.717, 1.165) is 12.0 Å². The fourth-order valence-electron chi connectivity index (χ4n) is 2.62. The van der Waals surface area contributed by atoms with Crippen LogP contribution in [0.1, 0.15) is 36.6 Å². The van der Waals surface area contributed by atoms with Crippen molar-refractivity contribution in [3.8, 4) is 11.8 Å². The maximum atomic E-state index is 12.1. The Hall–Kier alpha value is -3.59. The average molecular weight is 392 g/mol. The Labute approximate surface area is 170 Å². The topological polar surface area (TPSA) is 88.4 Å². The standard InChI is InChI=1S/C23H24N2O4/c1-4-17-5-9-19(10-6-17)16(2)25-22(26)15-29-23(27)20(14-24)13-18-7-11-21(28-3)12-8-18/h5-13,16H,4,15H2,1-3H3,(H,25,26)/b20-13+. The second-order valence-corrected chi connectivity index (χ2v) is 6.40. The van der Waals surface area contributed by atoms with Gasteiger partial charge < -0.3 is 14.8 Å². The van der Waals surface area contributed by atoms with Crippen molar-refractivity contribution in [2.75, 3.05) is 13.7 Å². The van der Waals surface area contributed by atoms with E-state index in [-0.39, 0.29) is 11.6 Å². The molecule has 1 atom stereocenters. The van der Waals surface area contributed by atoms with E-state index in [4.69, 9.17) is 9.47 Å². The second kappa shape index (κ2) is 10.7. The van der Waals surface area contributed by atoms with E-state index in [1.807, 2.05) is 31.2 Å². The van der Waals surface area contributed by atoms with Crippen LogP contribution in [0.15, 0.2) is 54.1 Å². The summed E-state index contributed by atoms with van der Waals surface area (Å²) in [6.07, 6.45) is 2.35. The van der Waals surface area contributed by atoms with E-state index in [1.165, 1.54) is 11.6 Å². The molecule has 6 heteroatoms. The van der Waals surface area contributed by atoms with Crippen LogP contribution in [0.25, 0.3) is 6.08 Å². The summed E-state index contributed by atoms with van der Waals surface area (Å²) < 4.78 is 10.0. The number of nitriles is 1. The zero-order chi connectivity index (χ0) is 21.2. The van der Waals surface area contributed by atoms with Crippen molar-refractivity contribution in [3.63, 3.8) is 0 Å². The second-order valence-electron chi connectivity index (χ2n) is 6.40. The first-order valence-corrected chi connectivity index (χ1v) is 9.28. The Bertz CT molecular complexity index is 909. The number of methoxy groups -OCH3 is 1. The molecule has 0 aliphatic heterocycles. The summed E-state index contributed by atoms with van der Waals surface area (Å²) >= 11 is 0. The van der Waals surface area contributed by atoms with Crippen LogP contribution >= 0.6 is 0 Å². The van der Waals surface area contributed by atoms with E-state index in [1.54, 1.807) is 37.4 Å². The van der Waals surface area contributed by atoms with Gasteiger partial charge in [-0.25, -0.2) is 4.79 Å². The maximum Gasteiger partial charge on any atom is 0.349 e. The lowest BCUT2D eigenvalue weighted by Crippen LogP contribution is -2.31. The Balaban J connectivity index is 1.90. The van der Waals surface area contributed by atoms with Crippen LogP contribution < -0.4 is 10.1 Å². The number of carbonyl (C=O) groups is 2. The summed E-state index contributed by atoms with van der Waals surface area (Å²) in [6.45, 7) is 3.47. The van der Waals surface area contributed by atoms with Crippen molar-refractivity contribution in [3.05, 3.63) is 70.8 Å². The van der Waals surface area contributed by atoms with Crippen LogP contribution in [0.3, 0.4) is 0 Å². The van der Waals surface area contributed by atoms with Crippen LogP contribution in [0, 0.1) is 11.3 Å². The lowest BCUT2D eigenvalue weighted by molar-refractivity contribution is -0.144. The van der Waals surface area contributed by atoms with Crippen molar-refractivity contribution in [1.29, 1.82) is 5.26 Å². The van der Waals surface area contributed by atoms with E-state index in [2.05, 4.69) is 12.2 Å². The number of aryl methyl sites for hydroxylation is 1. The Morgan fingerprint density at radius 2 is 1.79 bits per heavy atom. The summed E-state index contributed by atoms with van der Waals surface area (Å²) in [7, 11) is 1.55. The molecular formula is C23H24N2O4. The largest absolute Gasteiger partial charge is 0.497 e. The fraction of sp³-hybridized carbons (Fsp3) is 0.261. The van der Waals surface area contributed by atoms with Crippen molar-refractivity contribution >= 4 is 18.0 Å². The normalized spacial score (nSPS) is 11.9. The summed E-state index contributed by atoms with van der Waals surface area (Å²) in [4.78, 5) is 24.2. The van der Waals surface area contributed by atoms with Gasteiger partial charge in [-0.15, -0.1) is 0 Å². The third-order valence-corrected chi connectivity index (χ3v) is 4.37. The molecule has 0 radical (unpaired) electrons. The summed E-state index contributed by atoms with van der Waals surface area (Å²) in [5.41, 5.74) is 2.63. The van der Waals surface area contributed by atoms with Gasteiger partial charge in [-0.1, -0.05) is 43.3 Å². The van der Waals surface area contributed by atoms with E-state index in [0.29, 0.717) is 11.3 Å². The molecule has 0 saturated carbocycles. The van der Waals surface area contributed by atoms with E-state index >= 15 is 0 Å². The van der Waals surface area contributed by atoms with Gasteiger partial charge in [-0.05, 0) is 48.2 Å². The quantitative estimate of drug-likeness (QED) is 0.421. The minimum absolute atomic E-state index is 0.189. The number of benzene rings is 2. The van der Waals surface area contributed by atoms with Gasteiger partial charge >= 0.3 is 5.97 Å². The number of hydrogen-bond acceptors (Lipinski definition) is 5. The van der Waals surface area contributed by atoms with Crippen LogP contribution in [0.2, 0.25) is 0 Å². The molecule has 1 N–H and O–H groups in total. The summed E-state index contributed by atoms with van der Waals surface area (Å²) in [6, 6.07) is 16.4. The molecule has 0 bridgehead atoms. The number of carbonyl (C=O) groups excluding carboxylic acids is 2. The van der Waals surface area contributed by atoms with Crippen LogP contribution in [0.4, 0.5) is 0 Å². The number of amides is 1. The first-order chi connectivity index (χ1) is 14.0. The third-order valence-electron chi connectivity index (χ3n) is 4.37. The number of rotatable bonds is 8. The summed E-state index contributed by atoms with van der Waals surface area (Å²) in [5, 5.41) is 12.0. The lowest BCUT2D eigenvalue weighted by Gasteiger charge is -2.14. The van der Waals surface area contributed by atoms with Gasteiger partial charge in [0, 0.05) is 0 Å². The van der Waals surface area contributed by atoms with Gasteiger partial charge in [0.05, 0.1) is 13.2 Å². The highest BCUT2D eigenvalue weighted by molar-refractivity contribution is 5.98. The SMILES string of the molecule is CCc1ccc(C(C)NC(=O)COC(=O)/C(C#N)=C/c2ccc(OC)cc2)cc1. The van der Waals surface area contributed by atoms with Crippen molar-refractivity contribution in [2.24, 2.45) is 0 Å². The Morgan fingerprint density at radius 1 is 1.14 bits per heavy atom. The molecule has 0 spiro atoms. The molecule has 0 fully saturated rings. The Kier molecular flexibility index (Phi) is 7.99. The zero-order valence-electron chi connectivity index (χ0n) is 16.8. The van der Waals surface area contributed by atoms with E-state index in [9.17, 15) is 14.9 Å². The molecule has 0 aliphatic carbocycles. The Morgan fingerprint density at radius 3 is 2.34 bits per heavy atom. The van der Waals surface area contributed by atoms with Crippen molar-refractivity contribution in [1.82, 2.24) is 5.32 Å². The van der Waals surface area contributed by atoms with Gasteiger partial charge in [-0.2, -0.15) is 5.26 Å². The molecule has 0 heterocycles. The molecular weight excluding hydrogens is 368 g/mol. The molecule has 0 saturated heterocycles. The smallest absolute Gasteiger partial charge is 0.349 e. The first kappa shape index (κ1) is 21.7. The molecule has 2 aromatic rings. The van der Waals surface area contributed by atoms with Gasteiger partial charge in [0.1, 0.15) is 17.4 Å². The third kappa shape index (κ3) is 6.51. The van der Waals surface area contributed by atoms with Crippen molar-refractivity contribution in [2.45, 2.75) is 26.3 Å². The number of hydrogen-bond donors (Lipinski definition) is 1. The summed E-state index contributed by atoms with van der Waals surface area (Å²) in [5.74, 6) is -0.621. The number of esters is 1. The number of nitrogens with zero attached hydrogens (tertiary/aromatic N) is 1. The molecule has 0 aromatic heterocycles. The van der Waals surface area contributed by atoms with Crippen LogP contribution in [-0.2, 0) is 20.7 Å². The predicted octanol–water partition coefficient (Wildman–Crippen LogP) is 3.59. The highest BCUT2D eigenvalue weighted by Gasteiger charge is 2.15. The zero-order valence-corrected chi connectivity index (χ0v) is 16.8. The van der Waals surface area contributed by atoms with Crippen LogP contribution in [0.5, 0.6) is 5.75 Å². The maximum absolute atomic E-state index is 12.1. The van der Waals surface area contributed by atoms with Crippen LogP contribution in [-0.4, -0.2) is 25.6 Å². The van der Waals surface area contributed by atoms with Gasteiger partial charge in [0.2, 0.25) is 0 Å². The van der Waals surface area contributed by atoms with E-state index < -0.39 is 18.5 Å². The molecule has 2 aromatic carbocycles. The number of ether oxygens (including phenoxy) is 2. The van der Waals surface area contributed by atoms with Gasteiger partial charge in [0.25, 0.3) is 5.91 Å². The minimum Gasteiger partial charge on any atom is -0.497 e. The predicted molar refractivity (Wildman–Crippen MR) is 110 cm³/mol. The van der Waals surface area contributed by atoms with Crippen molar-refractivity contribution < 1.29 is 19.1 Å². The average Bonchev–Trinajstić information content (AvgIpc) is 2.76. The molecule has 29 heavy (non-hydrogen) atoms. The molecule has 1 amide bonds. The lowest BCUT2D eigenvalue weighted by atomic mass is 10.1. The first-order valence-electron chi connectivity index (χ1n) is 9.28. The fourth-order valence-corrected chi connectivity index (χ4v) is 2.62. The highest BCUT2D eigenvalue weighted by Crippen LogP contribution is 2.15. The van der Waals surface area contributed by atoms with Gasteiger partial charge in [-0.3, -0.25) is 4.79 Å². The minimum atomic E-state index is -0.849.